The van der Waals surface area contributed by atoms with Crippen molar-refractivity contribution < 1.29 is 18.0 Å². The zero-order chi connectivity index (χ0) is 16.6. The van der Waals surface area contributed by atoms with E-state index >= 15 is 0 Å². The van der Waals surface area contributed by atoms with Gasteiger partial charge in [0.05, 0.1) is 11.3 Å². The van der Waals surface area contributed by atoms with E-state index in [4.69, 9.17) is 11.6 Å². The largest absolute Gasteiger partial charge is 0.418 e. The van der Waals surface area contributed by atoms with Crippen LogP contribution in [0.1, 0.15) is 18.4 Å². The predicted octanol–water partition coefficient (Wildman–Crippen LogP) is 3.67. The number of amides is 2. The molecule has 2 fully saturated rings. The number of urea groups is 1. The number of halogens is 4. The molecule has 2 aliphatic rings. The van der Waals surface area contributed by atoms with E-state index in [0.29, 0.717) is 19.1 Å². The maximum atomic E-state index is 13.0. The van der Waals surface area contributed by atoms with E-state index < -0.39 is 17.8 Å². The Bertz CT molecular complexity index is 596. The lowest BCUT2D eigenvalue weighted by molar-refractivity contribution is -0.136. The molecule has 23 heavy (non-hydrogen) atoms. The number of nitrogens with zero attached hydrogens (tertiary/aromatic N) is 2. The summed E-state index contributed by atoms with van der Waals surface area (Å²) in [5.41, 5.74) is -1.20. The van der Waals surface area contributed by atoms with Crippen LogP contribution in [0.2, 0.25) is 5.02 Å². The molecule has 1 heterocycles. The van der Waals surface area contributed by atoms with Crippen molar-refractivity contribution in [2.24, 2.45) is 0 Å². The van der Waals surface area contributed by atoms with Gasteiger partial charge < -0.3 is 10.2 Å². The van der Waals surface area contributed by atoms with Crippen LogP contribution < -0.4 is 5.32 Å². The van der Waals surface area contributed by atoms with Crippen molar-refractivity contribution in [3.8, 4) is 0 Å². The molecule has 1 saturated heterocycles. The van der Waals surface area contributed by atoms with Crippen LogP contribution >= 0.6 is 11.6 Å². The highest BCUT2D eigenvalue weighted by molar-refractivity contribution is 6.30. The van der Waals surface area contributed by atoms with Crippen LogP contribution in [0.15, 0.2) is 18.2 Å². The molecule has 3 rings (SSSR count). The third-order valence-electron chi connectivity index (χ3n) is 4.19. The molecule has 1 aromatic carbocycles. The SMILES string of the molecule is O=C(Nc1ccc(Cl)cc1C(F)(F)F)N1CCN(C2CC2)CC1. The van der Waals surface area contributed by atoms with Gasteiger partial charge in [-0.2, -0.15) is 13.2 Å². The molecule has 1 saturated carbocycles. The molecule has 1 aromatic rings. The van der Waals surface area contributed by atoms with Gasteiger partial charge in [0.1, 0.15) is 0 Å². The third-order valence-corrected chi connectivity index (χ3v) is 4.43. The zero-order valence-corrected chi connectivity index (χ0v) is 13.1. The molecule has 8 heteroatoms. The monoisotopic (exact) mass is 347 g/mol. The number of carbonyl (C=O) groups is 1. The van der Waals surface area contributed by atoms with E-state index in [9.17, 15) is 18.0 Å². The summed E-state index contributed by atoms with van der Waals surface area (Å²) in [5, 5.41) is 2.34. The summed E-state index contributed by atoms with van der Waals surface area (Å²) in [6, 6.07) is 3.46. The molecule has 0 spiro atoms. The number of carbonyl (C=O) groups excluding carboxylic acids is 1. The van der Waals surface area contributed by atoms with Crippen LogP contribution in [0.3, 0.4) is 0 Å². The first-order chi connectivity index (χ1) is 10.8. The molecule has 1 aliphatic carbocycles. The first kappa shape index (κ1) is 16.4. The summed E-state index contributed by atoms with van der Waals surface area (Å²) in [6.45, 7) is 2.59. The Labute approximate surface area is 137 Å². The van der Waals surface area contributed by atoms with E-state index in [2.05, 4.69) is 10.2 Å². The molecule has 2 amide bonds. The van der Waals surface area contributed by atoms with Crippen LogP contribution in [-0.2, 0) is 6.18 Å². The van der Waals surface area contributed by atoms with Crippen LogP contribution in [0.25, 0.3) is 0 Å². The van der Waals surface area contributed by atoms with Crippen LogP contribution in [0.4, 0.5) is 23.7 Å². The van der Waals surface area contributed by atoms with Crippen molar-refractivity contribution in [3.05, 3.63) is 28.8 Å². The molecule has 0 radical (unpaired) electrons. The predicted molar refractivity (Wildman–Crippen MR) is 81.6 cm³/mol. The number of alkyl halides is 3. The van der Waals surface area contributed by atoms with Gasteiger partial charge in [0, 0.05) is 37.2 Å². The van der Waals surface area contributed by atoms with Gasteiger partial charge in [-0.05, 0) is 31.0 Å². The van der Waals surface area contributed by atoms with Gasteiger partial charge in [0.15, 0.2) is 0 Å². The highest BCUT2D eigenvalue weighted by Gasteiger charge is 2.35. The maximum absolute atomic E-state index is 13.0. The molecule has 0 atom stereocenters. The number of hydrogen-bond acceptors (Lipinski definition) is 2. The first-order valence-corrected chi connectivity index (χ1v) is 7.89. The summed E-state index contributed by atoms with van der Waals surface area (Å²) in [6.07, 6.45) is -2.17. The van der Waals surface area contributed by atoms with E-state index in [-0.39, 0.29) is 10.7 Å². The second-order valence-corrected chi connectivity index (χ2v) is 6.31. The zero-order valence-electron chi connectivity index (χ0n) is 12.4. The molecule has 1 N–H and O–H groups in total. The van der Waals surface area contributed by atoms with Gasteiger partial charge in [-0.3, -0.25) is 4.90 Å². The molecule has 0 unspecified atom stereocenters. The Morgan fingerprint density at radius 2 is 1.83 bits per heavy atom. The topological polar surface area (TPSA) is 35.6 Å². The normalized spacial score (nSPS) is 19.7. The van der Waals surface area contributed by atoms with E-state index in [1.54, 1.807) is 4.90 Å². The fraction of sp³-hybridized carbons (Fsp3) is 0.533. The number of benzene rings is 1. The summed E-state index contributed by atoms with van der Waals surface area (Å²) < 4.78 is 39.1. The van der Waals surface area contributed by atoms with Crippen molar-refractivity contribution >= 4 is 23.3 Å². The van der Waals surface area contributed by atoms with Crippen molar-refractivity contribution in [1.82, 2.24) is 9.80 Å². The van der Waals surface area contributed by atoms with Gasteiger partial charge >= 0.3 is 12.2 Å². The van der Waals surface area contributed by atoms with E-state index in [1.807, 2.05) is 0 Å². The summed E-state index contributed by atoms with van der Waals surface area (Å²) in [4.78, 5) is 16.1. The van der Waals surface area contributed by atoms with Crippen LogP contribution in [0, 0.1) is 0 Å². The van der Waals surface area contributed by atoms with E-state index in [1.165, 1.54) is 25.0 Å². The Morgan fingerprint density at radius 3 is 2.39 bits per heavy atom. The third kappa shape index (κ3) is 3.90. The summed E-state index contributed by atoms with van der Waals surface area (Å²) in [5.74, 6) is 0. The number of nitrogens with one attached hydrogen (secondary N) is 1. The average molecular weight is 348 g/mol. The molecular formula is C15H17ClF3N3O. The average Bonchev–Trinajstić information content (AvgIpc) is 3.33. The molecular weight excluding hydrogens is 331 g/mol. The lowest BCUT2D eigenvalue weighted by atomic mass is 10.1. The quantitative estimate of drug-likeness (QED) is 0.886. The number of hydrogen-bond donors (Lipinski definition) is 1. The minimum atomic E-state index is -4.57. The first-order valence-electron chi connectivity index (χ1n) is 7.51. The summed E-state index contributed by atoms with van der Waals surface area (Å²) in [7, 11) is 0. The minimum absolute atomic E-state index is 0.0200. The molecule has 126 valence electrons. The van der Waals surface area contributed by atoms with Crippen LogP contribution in [-0.4, -0.2) is 48.1 Å². The van der Waals surface area contributed by atoms with Crippen molar-refractivity contribution in [1.29, 1.82) is 0 Å². The Balaban J connectivity index is 1.66. The molecule has 1 aliphatic heterocycles. The highest BCUT2D eigenvalue weighted by Crippen LogP contribution is 2.36. The number of piperazine rings is 1. The van der Waals surface area contributed by atoms with Gasteiger partial charge in [0.25, 0.3) is 0 Å². The lowest BCUT2D eigenvalue weighted by Crippen LogP contribution is -2.50. The molecule has 0 aromatic heterocycles. The smallest absolute Gasteiger partial charge is 0.322 e. The van der Waals surface area contributed by atoms with Gasteiger partial charge in [-0.25, -0.2) is 4.79 Å². The molecule has 0 bridgehead atoms. The summed E-state index contributed by atoms with van der Waals surface area (Å²) >= 11 is 5.63. The number of rotatable bonds is 2. The Morgan fingerprint density at radius 1 is 1.17 bits per heavy atom. The Kier molecular flexibility index (Phi) is 4.42. The molecule has 4 nitrogen and oxygen atoms in total. The van der Waals surface area contributed by atoms with Crippen molar-refractivity contribution in [2.75, 3.05) is 31.5 Å². The van der Waals surface area contributed by atoms with Crippen molar-refractivity contribution in [2.45, 2.75) is 25.1 Å². The fourth-order valence-electron chi connectivity index (χ4n) is 2.78. The highest BCUT2D eigenvalue weighted by atomic mass is 35.5. The van der Waals surface area contributed by atoms with Gasteiger partial charge in [0.2, 0.25) is 0 Å². The van der Waals surface area contributed by atoms with E-state index in [0.717, 1.165) is 19.2 Å². The second-order valence-electron chi connectivity index (χ2n) is 5.87. The second kappa shape index (κ2) is 6.20. The lowest BCUT2D eigenvalue weighted by Gasteiger charge is -2.34. The maximum Gasteiger partial charge on any atom is 0.418 e. The Hall–Kier alpha value is -1.47. The number of anilines is 1. The standard InChI is InChI=1S/C15H17ClF3N3O/c16-10-1-4-13(12(9-10)15(17,18)19)20-14(23)22-7-5-21(6-8-22)11-2-3-11/h1,4,9,11H,2-3,5-8H2,(H,20,23). The fourth-order valence-corrected chi connectivity index (χ4v) is 2.96. The minimum Gasteiger partial charge on any atom is -0.322 e. The van der Waals surface area contributed by atoms with Gasteiger partial charge in [-0.15, -0.1) is 0 Å². The van der Waals surface area contributed by atoms with Gasteiger partial charge in [-0.1, -0.05) is 11.6 Å². The van der Waals surface area contributed by atoms with Crippen LogP contribution in [0.5, 0.6) is 0 Å². The van der Waals surface area contributed by atoms with Crippen molar-refractivity contribution in [3.63, 3.8) is 0 Å².